The first kappa shape index (κ1) is 20.9. The number of pyridine rings is 1. The Balaban J connectivity index is 1.81. The Kier molecular flexibility index (Phi) is 7.75. The molecule has 27 heavy (non-hydrogen) atoms. The molecule has 8 heteroatoms. The molecule has 0 radical (unpaired) electrons. The Morgan fingerprint density at radius 2 is 1.78 bits per heavy atom. The molecule has 1 heterocycles. The summed E-state index contributed by atoms with van der Waals surface area (Å²) in [6.45, 7) is 6.01. The molecule has 0 aliphatic heterocycles. The SMILES string of the molecule is CCN(CC)c1ccc(C(=O)NCCS(=O)(=O)NCc2ccccc2)cn1. The normalized spacial score (nSPS) is 11.2. The number of benzene rings is 1. The third-order valence-corrected chi connectivity index (χ3v) is 5.42. The number of rotatable bonds is 10. The first-order valence-corrected chi connectivity index (χ1v) is 10.6. The molecule has 146 valence electrons. The Bertz CT molecular complexity index is 820. The number of carbonyl (C=O) groups excluding carboxylic acids is 1. The largest absolute Gasteiger partial charge is 0.357 e. The van der Waals surface area contributed by atoms with Gasteiger partial charge in [0, 0.05) is 32.4 Å². The fourth-order valence-electron chi connectivity index (χ4n) is 2.52. The number of hydrogen-bond acceptors (Lipinski definition) is 5. The van der Waals surface area contributed by atoms with Gasteiger partial charge in [0.1, 0.15) is 5.82 Å². The summed E-state index contributed by atoms with van der Waals surface area (Å²) in [5.74, 6) is 0.285. The van der Waals surface area contributed by atoms with E-state index in [9.17, 15) is 13.2 Å². The monoisotopic (exact) mass is 390 g/mol. The van der Waals surface area contributed by atoms with Crippen molar-refractivity contribution in [3.05, 3.63) is 59.8 Å². The molecule has 2 N–H and O–H groups in total. The molecule has 0 atom stereocenters. The number of hydrogen-bond donors (Lipinski definition) is 2. The first-order chi connectivity index (χ1) is 12.9. The van der Waals surface area contributed by atoms with Gasteiger partial charge in [-0.15, -0.1) is 0 Å². The molecule has 0 unspecified atom stereocenters. The maximum Gasteiger partial charge on any atom is 0.252 e. The summed E-state index contributed by atoms with van der Waals surface area (Å²) in [6.07, 6.45) is 1.51. The van der Waals surface area contributed by atoms with Gasteiger partial charge in [0.05, 0.1) is 11.3 Å². The van der Waals surface area contributed by atoms with Crippen LogP contribution in [0.15, 0.2) is 48.7 Å². The Morgan fingerprint density at radius 3 is 2.37 bits per heavy atom. The van der Waals surface area contributed by atoms with Crippen LogP contribution in [0, 0.1) is 0 Å². The van der Waals surface area contributed by atoms with E-state index < -0.39 is 10.0 Å². The van der Waals surface area contributed by atoms with Crippen LogP contribution in [0.2, 0.25) is 0 Å². The van der Waals surface area contributed by atoms with Gasteiger partial charge in [-0.1, -0.05) is 30.3 Å². The lowest BCUT2D eigenvalue weighted by atomic mass is 10.2. The number of carbonyl (C=O) groups is 1. The van der Waals surface area contributed by atoms with E-state index in [1.807, 2.05) is 44.2 Å². The maximum absolute atomic E-state index is 12.2. The highest BCUT2D eigenvalue weighted by molar-refractivity contribution is 7.89. The Hall–Kier alpha value is -2.45. The van der Waals surface area contributed by atoms with Crippen LogP contribution in [0.3, 0.4) is 0 Å². The highest BCUT2D eigenvalue weighted by Gasteiger charge is 2.12. The lowest BCUT2D eigenvalue weighted by Crippen LogP contribution is -2.34. The van der Waals surface area contributed by atoms with Crippen LogP contribution >= 0.6 is 0 Å². The van der Waals surface area contributed by atoms with Crippen molar-refractivity contribution in [2.24, 2.45) is 0 Å². The van der Waals surface area contributed by atoms with Crippen LogP contribution in [0.4, 0.5) is 5.82 Å². The van der Waals surface area contributed by atoms with E-state index in [0.717, 1.165) is 24.5 Å². The van der Waals surface area contributed by atoms with Crippen LogP contribution in [0.5, 0.6) is 0 Å². The minimum atomic E-state index is -3.47. The second-order valence-corrected chi connectivity index (χ2v) is 7.89. The number of nitrogens with one attached hydrogen (secondary N) is 2. The van der Waals surface area contributed by atoms with Crippen molar-refractivity contribution >= 4 is 21.7 Å². The second-order valence-electron chi connectivity index (χ2n) is 5.96. The van der Waals surface area contributed by atoms with Gasteiger partial charge < -0.3 is 10.2 Å². The van der Waals surface area contributed by atoms with Crippen molar-refractivity contribution < 1.29 is 13.2 Å². The summed E-state index contributed by atoms with van der Waals surface area (Å²) in [5.41, 5.74) is 1.28. The predicted molar refractivity (Wildman–Crippen MR) is 107 cm³/mol. The van der Waals surface area contributed by atoms with E-state index in [0.29, 0.717) is 5.56 Å². The van der Waals surface area contributed by atoms with Gasteiger partial charge in [-0.2, -0.15) is 0 Å². The van der Waals surface area contributed by atoms with E-state index in [1.54, 1.807) is 12.1 Å². The zero-order chi connectivity index (χ0) is 19.7. The molecule has 0 fully saturated rings. The zero-order valence-electron chi connectivity index (χ0n) is 15.7. The fourth-order valence-corrected chi connectivity index (χ4v) is 3.42. The summed E-state index contributed by atoms with van der Waals surface area (Å²) >= 11 is 0. The van der Waals surface area contributed by atoms with Crippen molar-refractivity contribution in [1.29, 1.82) is 0 Å². The molecule has 1 aromatic heterocycles. The summed E-state index contributed by atoms with van der Waals surface area (Å²) in [4.78, 5) is 18.5. The van der Waals surface area contributed by atoms with Crippen molar-refractivity contribution in [1.82, 2.24) is 15.0 Å². The summed E-state index contributed by atoms with van der Waals surface area (Å²) in [6, 6.07) is 12.8. The third kappa shape index (κ3) is 6.65. The van der Waals surface area contributed by atoms with E-state index in [1.165, 1.54) is 6.20 Å². The molecular weight excluding hydrogens is 364 g/mol. The number of aromatic nitrogens is 1. The molecule has 0 bridgehead atoms. The van der Waals surface area contributed by atoms with Crippen LogP contribution < -0.4 is 14.9 Å². The molecule has 7 nitrogen and oxygen atoms in total. The van der Waals surface area contributed by atoms with Crippen LogP contribution in [0.25, 0.3) is 0 Å². The highest BCUT2D eigenvalue weighted by atomic mass is 32.2. The smallest absolute Gasteiger partial charge is 0.252 e. The number of nitrogens with zero attached hydrogens (tertiary/aromatic N) is 2. The summed E-state index contributed by atoms with van der Waals surface area (Å²) in [5, 5.41) is 2.62. The molecule has 0 spiro atoms. The molecule has 2 aromatic rings. The van der Waals surface area contributed by atoms with Crippen molar-refractivity contribution in [2.75, 3.05) is 30.3 Å². The molecule has 0 saturated heterocycles. The van der Waals surface area contributed by atoms with Gasteiger partial charge in [-0.25, -0.2) is 18.1 Å². The minimum Gasteiger partial charge on any atom is -0.357 e. The van der Waals surface area contributed by atoms with Crippen LogP contribution in [-0.4, -0.2) is 44.7 Å². The highest BCUT2D eigenvalue weighted by Crippen LogP contribution is 2.10. The number of amides is 1. The van der Waals surface area contributed by atoms with Gasteiger partial charge in [-0.3, -0.25) is 4.79 Å². The van der Waals surface area contributed by atoms with Gasteiger partial charge in [0.15, 0.2) is 0 Å². The van der Waals surface area contributed by atoms with E-state index in [-0.39, 0.29) is 24.7 Å². The lowest BCUT2D eigenvalue weighted by Gasteiger charge is -2.19. The number of anilines is 1. The topological polar surface area (TPSA) is 91.4 Å². The molecule has 0 saturated carbocycles. The second kappa shape index (κ2) is 10.0. The number of sulfonamides is 1. The quantitative estimate of drug-likeness (QED) is 0.645. The van der Waals surface area contributed by atoms with Gasteiger partial charge in [0.25, 0.3) is 5.91 Å². The zero-order valence-corrected chi connectivity index (χ0v) is 16.5. The average Bonchev–Trinajstić information content (AvgIpc) is 2.68. The van der Waals surface area contributed by atoms with Gasteiger partial charge >= 0.3 is 0 Å². The Morgan fingerprint density at radius 1 is 1.07 bits per heavy atom. The molecule has 0 aliphatic rings. The van der Waals surface area contributed by atoms with E-state index >= 15 is 0 Å². The third-order valence-electron chi connectivity index (χ3n) is 4.09. The predicted octanol–water partition coefficient (Wildman–Crippen LogP) is 1.78. The van der Waals surface area contributed by atoms with Crippen LogP contribution in [0.1, 0.15) is 29.8 Å². The van der Waals surface area contributed by atoms with Crippen molar-refractivity contribution in [3.63, 3.8) is 0 Å². The Labute approximate surface area is 160 Å². The molecule has 2 rings (SSSR count). The molecular formula is C19H26N4O3S. The maximum atomic E-state index is 12.2. The molecule has 1 amide bonds. The van der Waals surface area contributed by atoms with Gasteiger partial charge in [0.2, 0.25) is 10.0 Å². The molecule has 1 aromatic carbocycles. The first-order valence-electron chi connectivity index (χ1n) is 8.95. The van der Waals surface area contributed by atoms with Gasteiger partial charge in [-0.05, 0) is 31.5 Å². The van der Waals surface area contributed by atoms with E-state index in [4.69, 9.17) is 0 Å². The van der Waals surface area contributed by atoms with E-state index in [2.05, 4.69) is 19.9 Å². The standard InChI is InChI=1S/C19H26N4O3S/c1-3-23(4-2)18-11-10-17(15-21-18)19(24)20-12-13-27(25,26)22-14-16-8-6-5-7-9-16/h5-11,15,22H,3-4,12-14H2,1-2H3,(H,20,24). The average molecular weight is 391 g/mol. The van der Waals surface area contributed by atoms with Crippen molar-refractivity contribution in [3.8, 4) is 0 Å². The summed E-state index contributed by atoms with van der Waals surface area (Å²) in [7, 11) is -3.47. The fraction of sp³-hybridized carbons (Fsp3) is 0.368. The van der Waals surface area contributed by atoms with Crippen molar-refractivity contribution in [2.45, 2.75) is 20.4 Å². The van der Waals surface area contributed by atoms with Crippen LogP contribution in [-0.2, 0) is 16.6 Å². The lowest BCUT2D eigenvalue weighted by molar-refractivity contribution is 0.0956. The molecule has 0 aliphatic carbocycles. The summed E-state index contributed by atoms with van der Waals surface area (Å²) < 4.78 is 26.6. The minimum absolute atomic E-state index is 0.0285.